The summed E-state index contributed by atoms with van der Waals surface area (Å²) in [4.78, 5) is 25.1. The van der Waals surface area contributed by atoms with E-state index in [2.05, 4.69) is 6.92 Å². The van der Waals surface area contributed by atoms with Crippen molar-refractivity contribution >= 4 is 11.6 Å². The number of hydrogen-bond acceptors (Lipinski definition) is 6. The number of hydrogen-bond donors (Lipinski definition) is 2. The Kier molecular flexibility index (Phi) is 4.20. The smallest absolute Gasteiger partial charge is 0.193 e. The molecule has 3 saturated carbocycles. The van der Waals surface area contributed by atoms with Crippen molar-refractivity contribution < 1.29 is 29.3 Å². The van der Waals surface area contributed by atoms with Crippen molar-refractivity contribution in [3.63, 3.8) is 0 Å². The second-order valence-corrected chi connectivity index (χ2v) is 10.9. The van der Waals surface area contributed by atoms with Gasteiger partial charge in [-0.3, -0.25) is 9.59 Å². The van der Waals surface area contributed by atoms with E-state index in [4.69, 9.17) is 9.47 Å². The maximum Gasteiger partial charge on any atom is 0.193 e. The van der Waals surface area contributed by atoms with Crippen molar-refractivity contribution in [2.75, 3.05) is 6.61 Å². The molecule has 164 valence electrons. The summed E-state index contributed by atoms with van der Waals surface area (Å²) in [6.45, 7) is 7.19. The molecule has 2 unspecified atom stereocenters. The van der Waals surface area contributed by atoms with E-state index in [1.54, 1.807) is 26.0 Å². The van der Waals surface area contributed by atoms with E-state index in [0.29, 0.717) is 12.8 Å². The van der Waals surface area contributed by atoms with E-state index < -0.39 is 35.6 Å². The molecule has 0 radical (unpaired) electrons. The molecule has 0 aromatic carbocycles. The summed E-state index contributed by atoms with van der Waals surface area (Å²) < 4.78 is 12.6. The monoisotopic (exact) mass is 416 g/mol. The molecule has 1 heterocycles. The molecule has 0 aromatic rings. The number of ether oxygens (including phenoxy) is 2. The molecular weight excluding hydrogens is 384 g/mol. The highest BCUT2D eigenvalue weighted by molar-refractivity contribution is 6.01. The van der Waals surface area contributed by atoms with Crippen LogP contribution in [-0.2, 0) is 19.1 Å². The van der Waals surface area contributed by atoms with E-state index in [-0.39, 0.29) is 34.7 Å². The highest BCUT2D eigenvalue weighted by Gasteiger charge is 2.76. The fraction of sp³-hybridized carbons (Fsp3) is 0.750. The lowest BCUT2D eigenvalue weighted by Crippen LogP contribution is -2.63. The highest BCUT2D eigenvalue weighted by atomic mass is 16.8. The Hall–Kier alpha value is -1.34. The van der Waals surface area contributed by atoms with Gasteiger partial charge >= 0.3 is 0 Å². The van der Waals surface area contributed by atoms with Crippen LogP contribution in [0.1, 0.15) is 53.4 Å². The number of allylic oxidation sites excluding steroid dienone is 4. The molecule has 5 aliphatic rings. The lowest BCUT2D eigenvalue weighted by molar-refractivity contribution is -0.225. The van der Waals surface area contributed by atoms with Gasteiger partial charge in [-0.2, -0.15) is 0 Å². The Bertz CT molecular complexity index is 873. The Balaban J connectivity index is 1.59. The van der Waals surface area contributed by atoms with Crippen molar-refractivity contribution in [3.05, 3.63) is 23.8 Å². The van der Waals surface area contributed by atoms with Gasteiger partial charge in [-0.25, -0.2) is 0 Å². The molecule has 0 aromatic heterocycles. The summed E-state index contributed by atoms with van der Waals surface area (Å²) in [6, 6.07) is 0. The summed E-state index contributed by atoms with van der Waals surface area (Å²) >= 11 is 0. The zero-order valence-electron chi connectivity index (χ0n) is 18.2. The summed E-state index contributed by atoms with van der Waals surface area (Å²) in [5, 5.41) is 21.3. The van der Waals surface area contributed by atoms with Crippen LogP contribution < -0.4 is 0 Å². The van der Waals surface area contributed by atoms with Gasteiger partial charge in [0.2, 0.25) is 0 Å². The van der Waals surface area contributed by atoms with Gasteiger partial charge in [0.15, 0.2) is 23.0 Å². The van der Waals surface area contributed by atoms with E-state index in [1.807, 2.05) is 13.0 Å². The minimum atomic E-state index is -1.24. The zero-order chi connectivity index (χ0) is 21.7. The zero-order valence-corrected chi connectivity index (χ0v) is 18.2. The van der Waals surface area contributed by atoms with Crippen molar-refractivity contribution in [1.29, 1.82) is 0 Å². The number of rotatable bonds is 2. The number of aliphatic hydroxyl groups is 2. The molecule has 30 heavy (non-hydrogen) atoms. The molecule has 5 rings (SSSR count). The Morgan fingerprint density at radius 2 is 2.00 bits per heavy atom. The van der Waals surface area contributed by atoms with Gasteiger partial charge in [-0.1, -0.05) is 25.5 Å². The third-order valence-corrected chi connectivity index (χ3v) is 9.05. The molecule has 4 fully saturated rings. The van der Waals surface area contributed by atoms with Gasteiger partial charge < -0.3 is 19.7 Å². The van der Waals surface area contributed by atoms with Crippen LogP contribution in [0.4, 0.5) is 0 Å². The predicted molar refractivity (Wildman–Crippen MR) is 108 cm³/mol. The largest absolute Gasteiger partial charge is 0.393 e. The summed E-state index contributed by atoms with van der Waals surface area (Å²) in [7, 11) is 0. The summed E-state index contributed by atoms with van der Waals surface area (Å²) in [5.41, 5.74) is -1.12. The first-order valence-corrected chi connectivity index (χ1v) is 11.1. The standard InChI is InChI=1S/C24H32O6/c1-21(2)29-19-10-16-15-6-5-13-9-14(26)7-8-22(13,3)20(15)17(27)11-23(16,4)24(19,30-21)18(28)12-25/h7-9,15-17,19-20,25,27H,5-6,10-12H2,1-4H3/t15-,16?,17-,19+,20?,22-,23-,24+/m0/s1. The molecular formula is C24H32O6. The lowest BCUT2D eigenvalue weighted by atomic mass is 9.46. The van der Waals surface area contributed by atoms with Gasteiger partial charge in [0, 0.05) is 16.7 Å². The number of carbonyl (C=O) groups is 2. The van der Waals surface area contributed by atoms with Crippen molar-refractivity contribution in [2.24, 2.45) is 28.6 Å². The Morgan fingerprint density at radius 1 is 1.27 bits per heavy atom. The SMILES string of the molecule is CC1(C)O[C@@H]2CC3[C@@H]4CCC5=CC(=O)C=C[C@]5(C)C4[C@@H](O)C[C@]3(C)[C@]2(C(=O)CO)O1. The maximum atomic E-state index is 13.2. The average Bonchev–Trinajstić information content (AvgIpc) is 3.07. The normalized spacial score (nSPS) is 50.9. The van der Waals surface area contributed by atoms with Crippen LogP contribution in [0.3, 0.4) is 0 Å². The highest BCUT2D eigenvalue weighted by Crippen LogP contribution is 2.70. The van der Waals surface area contributed by atoms with Gasteiger partial charge in [0.1, 0.15) is 6.61 Å². The van der Waals surface area contributed by atoms with Crippen LogP contribution in [0.15, 0.2) is 23.8 Å². The van der Waals surface area contributed by atoms with Crippen LogP contribution in [0, 0.1) is 28.6 Å². The third kappa shape index (κ3) is 2.34. The first-order chi connectivity index (χ1) is 14.0. The first kappa shape index (κ1) is 20.6. The number of aliphatic hydroxyl groups excluding tert-OH is 2. The second-order valence-electron chi connectivity index (χ2n) is 10.9. The van der Waals surface area contributed by atoms with E-state index in [1.165, 1.54) is 0 Å². The van der Waals surface area contributed by atoms with Crippen molar-refractivity contribution in [1.82, 2.24) is 0 Å². The van der Waals surface area contributed by atoms with Gasteiger partial charge in [-0.05, 0) is 63.5 Å². The van der Waals surface area contributed by atoms with Gasteiger partial charge in [-0.15, -0.1) is 0 Å². The van der Waals surface area contributed by atoms with Crippen LogP contribution in [0.25, 0.3) is 0 Å². The Labute approximate surface area is 177 Å². The quantitative estimate of drug-likeness (QED) is 0.718. The van der Waals surface area contributed by atoms with Gasteiger partial charge in [0.05, 0.1) is 12.2 Å². The summed E-state index contributed by atoms with van der Waals surface area (Å²) in [6.07, 6.45) is 7.04. The predicted octanol–water partition coefficient (Wildman–Crippen LogP) is 2.33. The molecule has 4 aliphatic carbocycles. The van der Waals surface area contributed by atoms with Crippen LogP contribution in [-0.4, -0.2) is 52.0 Å². The topological polar surface area (TPSA) is 93.1 Å². The number of fused-ring (bicyclic) bond motifs is 7. The fourth-order valence-electron chi connectivity index (χ4n) is 8.04. The molecule has 2 N–H and O–H groups in total. The van der Waals surface area contributed by atoms with Gasteiger partial charge in [0.25, 0.3) is 0 Å². The molecule has 0 amide bonds. The van der Waals surface area contributed by atoms with E-state index >= 15 is 0 Å². The first-order valence-electron chi connectivity index (χ1n) is 11.1. The lowest BCUT2D eigenvalue weighted by Gasteiger charge is -2.59. The maximum absolute atomic E-state index is 13.2. The number of Topliss-reactive ketones (excluding diaryl/α,β-unsaturated/α-hetero) is 1. The summed E-state index contributed by atoms with van der Waals surface area (Å²) in [5.74, 6) is -0.947. The molecule has 1 saturated heterocycles. The molecule has 8 atom stereocenters. The average molecular weight is 417 g/mol. The molecule has 0 bridgehead atoms. The second kappa shape index (κ2) is 6.12. The van der Waals surface area contributed by atoms with E-state index in [0.717, 1.165) is 18.4 Å². The molecule has 1 aliphatic heterocycles. The fourth-order valence-corrected chi connectivity index (χ4v) is 8.04. The molecule has 6 nitrogen and oxygen atoms in total. The minimum Gasteiger partial charge on any atom is -0.393 e. The van der Waals surface area contributed by atoms with E-state index in [9.17, 15) is 19.8 Å². The number of ketones is 2. The van der Waals surface area contributed by atoms with Crippen molar-refractivity contribution in [2.45, 2.75) is 77.0 Å². The number of carbonyl (C=O) groups excluding carboxylic acids is 2. The Morgan fingerprint density at radius 3 is 2.70 bits per heavy atom. The van der Waals surface area contributed by atoms with Crippen LogP contribution >= 0.6 is 0 Å². The molecule has 0 spiro atoms. The molecule has 6 heteroatoms. The van der Waals surface area contributed by atoms with Crippen molar-refractivity contribution in [3.8, 4) is 0 Å². The third-order valence-electron chi connectivity index (χ3n) is 9.05. The van der Waals surface area contributed by atoms with Crippen LogP contribution in [0.5, 0.6) is 0 Å². The minimum absolute atomic E-state index is 0.0167. The van der Waals surface area contributed by atoms with Crippen LogP contribution in [0.2, 0.25) is 0 Å².